The maximum atomic E-state index is 14.2. The van der Waals surface area contributed by atoms with Gasteiger partial charge in [-0.05, 0) is 72.8 Å². The average molecular weight is 949 g/mol. The number of ether oxygens (including phenoxy) is 10. The van der Waals surface area contributed by atoms with E-state index in [1.54, 1.807) is 109 Å². The summed E-state index contributed by atoms with van der Waals surface area (Å²) in [5, 5.41) is 0. The molecule has 3 heterocycles. The SMILES string of the molecule is O=C(OC[C@H]1O[C@@H](O[C@@H]2[C@H](OC(=O)c3ccccc3)[C@@H](OC(=O)c3ccccc3)[C@@H]3OC[C@H]2O3)[C@H](OC(=O)c2ccccc2)[C@@H](OC(=O)c2ccccc2)[C@@H]1OC(=O)c1ccccc1)c1ccccc1. The van der Waals surface area contributed by atoms with E-state index >= 15 is 0 Å². The topological polar surface area (TPSA) is 195 Å². The van der Waals surface area contributed by atoms with E-state index in [1.807, 2.05) is 0 Å². The Balaban J connectivity index is 1.14. The number of fused-ring (bicyclic) bond motifs is 2. The lowest BCUT2D eigenvalue weighted by molar-refractivity contribution is -0.334. The van der Waals surface area contributed by atoms with Crippen LogP contribution in [0.15, 0.2) is 182 Å². The Kier molecular flexibility index (Phi) is 14.8. The van der Waals surface area contributed by atoms with Gasteiger partial charge in [-0.2, -0.15) is 0 Å². The molecule has 3 fully saturated rings. The second-order valence-electron chi connectivity index (χ2n) is 16.2. The van der Waals surface area contributed by atoms with E-state index in [-0.39, 0.29) is 40.0 Å². The first-order chi connectivity index (χ1) is 34.2. The first kappa shape index (κ1) is 47.1. The third-order valence-corrected chi connectivity index (χ3v) is 11.5. The Hall–Kier alpha value is -8.02. The summed E-state index contributed by atoms with van der Waals surface area (Å²) in [6.07, 6.45) is -15.4. The van der Waals surface area contributed by atoms with Gasteiger partial charge in [0.2, 0.25) is 0 Å². The minimum atomic E-state index is -1.84. The van der Waals surface area contributed by atoms with E-state index in [9.17, 15) is 28.8 Å². The third kappa shape index (κ3) is 11.0. The molecular weight excluding hydrogens is 905 g/mol. The van der Waals surface area contributed by atoms with Crippen molar-refractivity contribution < 1.29 is 76.1 Å². The molecule has 0 unspecified atom stereocenters. The van der Waals surface area contributed by atoms with E-state index in [4.69, 9.17) is 47.4 Å². The van der Waals surface area contributed by atoms with Crippen LogP contribution in [0, 0.1) is 0 Å². The second-order valence-corrected chi connectivity index (χ2v) is 16.2. The normalized spacial score (nSPS) is 24.5. The van der Waals surface area contributed by atoms with Gasteiger partial charge in [0.1, 0.15) is 24.9 Å². The molecule has 2 bridgehead atoms. The Morgan fingerprint density at radius 3 is 1.10 bits per heavy atom. The number of hydrogen-bond acceptors (Lipinski definition) is 16. The van der Waals surface area contributed by atoms with Crippen molar-refractivity contribution in [2.24, 2.45) is 0 Å². The molecule has 9 rings (SSSR count). The van der Waals surface area contributed by atoms with Gasteiger partial charge in [0.15, 0.2) is 43.1 Å². The van der Waals surface area contributed by atoms with Crippen LogP contribution in [-0.2, 0) is 47.4 Å². The van der Waals surface area contributed by atoms with Crippen molar-refractivity contribution >= 4 is 35.8 Å². The predicted molar refractivity (Wildman–Crippen MR) is 243 cm³/mol. The number of carbonyl (C=O) groups excluding carboxylic acids is 6. The number of benzene rings is 6. The molecule has 0 radical (unpaired) electrons. The van der Waals surface area contributed by atoms with Crippen molar-refractivity contribution in [3.63, 3.8) is 0 Å². The van der Waals surface area contributed by atoms with Crippen molar-refractivity contribution in [3.8, 4) is 0 Å². The Bertz CT molecular complexity index is 2740. The number of hydrogen-bond donors (Lipinski definition) is 0. The van der Waals surface area contributed by atoms with E-state index < -0.39 is 104 Å². The molecule has 0 N–H and O–H groups in total. The molecule has 16 nitrogen and oxygen atoms in total. The Morgan fingerprint density at radius 2 is 0.700 bits per heavy atom. The highest BCUT2D eigenvalue weighted by Crippen LogP contribution is 2.39. The largest absolute Gasteiger partial charge is 0.459 e. The van der Waals surface area contributed by atoms with Crippen LogP contribution in [0.3, 0.4) is 0 Å². The number of esters is 6. The van der Waals surface area contributed by atoms with Crippen molar-refractivity contribution in [2.75, 3.05) is 13.2 Å². The first-order valence-electron chi connectivity index (χ1n) is 22.3. The van der Waals surface area contributed by atoms with Gasteiger partial charge in [-0.3, -0.25) is 0 Å². The van der Waals surface area contributed by atoms with E-state index in [1.165, 1.54) is 72.8 Å². The molecule has 3 saturated heterocycles. The molecule has 0 amide bonds. The minimum Gasteiger partial charge on any atom is -0.459 e. The van der Waals surface area contributed by atoms with E-state index in [0.717, 1.165) is 0 Å². The van der Waals surface area contributed by atoms with Gasteiger partial charge in [-0.25, -0.2) is 28.8 Å². The van der Waals surface area contributed by atoms with Gasteiger partial charge in [-0.1, -0.05) is 109 Å². The fourth-order valence-corrected chi connectivity index (χ4v) is 8.08. The summed E-state index contributed by atoms with van der Waals surface area (Å²) in [6.45, 7) is -0.810. The van der Waals surface area contributed by atoms with Gasteiger partial charge in [0.05, 0.1) is 40.0 Å². The van der Waals surface area contributed by atoms with Gasteiger partial charge >= 0.3 is 35.8 Å². The molecule has 16 heteroatoms. The quantitative estimate of drug-likeness (QED) is 0.0766. The predicted octanol–water partition coefficient (Wildman–Crippen LogP) is 6.84. The molecule has 0 saturated carbocycles. The highest BCUT2D eigenvalue weighted by Gasteiger charge is 2.60. The molecule has 6 aromatic rings. The lowest BCUT2D eigenvalue weighted by Crippen LogP contribution is -2.66. The van der Waals surface area contributed by atoms with Crippen LogP contribution >= 0.6 is 0 Å². The molecule has 3 aliphatic rings. The summed E-state index contributed by atoms with van der Waals surface area (Å²) < 4.78 is 62.3. The molecule has 3 aliphatic heterocycles. The average Bonchev–Trinajstić information content (AvgIpc) is 3.86. The van der Waals surface area contributed by atoms with Crippen LogP contribution in [0.5, 0.6) is 0 Å². The van der Waals surface area contributed by atoms with Crippen LogP contribution in [0.1, 0.15) is 62.1 Å². The van der Waals surface area contributed by atoms with Gasteiger partial charge in [-0.15, -0.1) is 0 Å². The molecule has 0 aliphatic carbocycles. The van der Waals surface area contributed by atoms with Crippen molar-refractivity contribution in [1.29, 1.82) is 0 Å². The number of rotatable bonds is 15. The highest BCUT2D eigenvalue weighted by atomic mass is 16.8. The van der Waals surface area contributed by atoms with E-state index in [0.29, 0.717) is 0 Å². The fourth-order valence-electron chi connectivity index (χ4n) is 8.08. The van der Waals surface area contributed by atoms with Crippen LogP contribution in [0.25, 0.3) is 0 Å². The smallest absolute Gasteiger partial charge is 0.338 e. The Morgan fingerprint density at radius 1 is 0.371 bits per heavy atom. The lowest BCUT2D eigenvalue weighted by Gasteiger charge is -2.47. The molecule has 356 valence electrons. The molecule has 10 atom stereocenters. The highest BCUT2D eigenvalue weighted by molar-refractivity contribution is 5.92. The van der Waals surface area contributed by atoms with Crippen LogP contribution in [0.2, 0.25) is 0 Å². The van der Waals surface area contributed by atoms with Crippen LogP contribution < -0.4 is 0 Å². The zero-order valence-electron chi connectivity index (χ0n) is 37.0. The molecule has 0 spiro atoms. The maximum Gasteiger partial charge on any atom is 0.338 e. The van der Waals surface area contributed by atoms with Crippen molar-refractivity contribution in [1.82, 2.24) is 0 Å². The summed E-state index contributed by atoms with van der Waals surface area (Å²) >= 11 is 0. The van der Waals surface area contributed by atoms with Gasteiger partial charge < -0.3 is 47.4 Å². The molecular formula is C54H44O16. The second kappa shape index (κ2) is 21.9. The summed E-state index contributed by atoms with van der Waals surface area (Å²) in [7, 11) is 0. The standard InChI is InChI=1S/C54H44O16/c55-47(33-19-7-1-8-20-33)61-31-39-41(65-48(56)34-21-9-2-10-22-34)43(66-49(57)35-23-11-3-12-24-35)46(69-52(60)38-29-17-6-18-30-38)54(64-39)70-42-40-32-62-53(63-40)45(68-51(59)37-27-15-5-16-28-37)44(42)67-50(58)36-25-13-4-14-26-36/h1-30,39-46,53-54H,31-32H2/t39-,40-,41-,42+,43+,44+,45-,46-,53-,54+/m1/s1. The van der Waals surface area contributed by atoms with Crippen molar-refractivity contribution in [3.05, 3.63) is 215 Å². The van der Waals surface area contributed by atoms with Crippen LogP contribution in [0.4, 0.5) is 0 Å². The summed E-state index contributed by atoms with van der Waals surface area (Å²) in [4.78, 5) is 83.8. The number of carbonyl (C=O) groups is 6. The van der Waals surface area contributed by atoms with E-state index in [2.05, 4.69) is 0 Å². The maximum absolute atomic E-state index is 14.2. The van der Waals surface area contributed by atoms with Crippen molar-refractivity contribution in [2.45, 2.75) is 61.4 Å². The fraction of sp³-hybridized carbons (Fsp3) is 0.222. The Labute approximate surface area is 400 Å². The van der Waals surface area contributed by atoms with Gasteiger partial charge in [0, 0.05) is 0 Å². The third-order valence-electron chi connectivity index (χ3n) is 11.5. The van der Waals surface area contributed by atoms with Gasteiger partial charge in [0.25, 0.3) is 0 Å². The molecule has 6 aromatic carbocycles. The first-order valence-corrected chi connectivity index (χ1v) is 22.3. The minimum absolute atomic E-state index is 0.0710. The summed E-state index contributed by atoms with van der Waals surface area (Å²) in [5.41, 5.74) is 0.742. The molecule has 0 aromatic heterocycles. The zero-order valence-corrected chi connectivity index (χ0v) is 37.0. The lowest BCUT2D eigenvalue weighted by atomic mass is 9.96. The van der Waals surface area contributed by atoms with Crippen LogP contribution in [-0.4, -0.2) is 110 Å². The monoisotopic (exact) mass is 948 g/mol. The molecule has 70 heavy (non-hydrogen) atoms. The zero-order chi connectivity index (χ0) is 48.4. The summed E-state index contributed by atoms with van der Waals surface area (Å²) in [6, 6.07) is 47.9. The summed E-state index contributed by atoms with van der Waals surface area (Å²) in [5.74, 6) is -5.17.